The molecule has 0 saturated carbocycles. The molecule has 0 aliphatic rings. The zero-order chi connectivity index (χ0) is 21.3. The van der Waals surface area contributed by atoms with Gasteiger partial charge in [0.15, 0.2) is 15.5 Å². The number of anilines is 2. The predicted octanol–water partition coefficient (Wildman–Crippen LogP) is 2.90. The Labute approximate surface area is 173 Å². The van der Waals surface area contributed by atoms with Crippen LogP contribution in [0.15, 0.2) is 59.9 Å². The summed E-state index contributed by atoms with van der Waals surface area (Å²) in [7, 11) is -3.25. The molecule has 3 aromatic heterocycles. The van der Waals surface area contributed by atoms with Crippen molar-refractivity contribution in [3.63, 3.8) is 0 Å². The van der Waals surface area contributed by atoms with Crippen LogP contribution in [0.2, 0.25) is 0 Å². The van der Waals surface area contributed by atoms with Gasteiger partial charge in [0.25, 0.3) is 0 Å². The number of nitriles is 1. The van der Waals surface area contributed by atoms with Crippen LogP contribution in [0, 0.1) is 17.2 Å². The summed E-state index contributed by atoms with van der Waals surface area (Å²) in [6.45, 7) is 2.34. The SMILES string of the molecule is C[C@H](C#N)Cn1cc(Nc2nc3c(-c4ccc(S(C)(=O)=O)cc4)cccn3n2)cn1. The maximum Gasteiger partial charge on any atom is 0.247 e. The fourth-order valence-corrected chi connectivity index (χ4v) is 3.68. The van der Waals surface area contributed by atoms with Gasteiger partial charge < -0.3 is 5.32 Å². The second-order valence-electron chi connectivity index (χ2n) is 7.03. The number of pyridine rings is 1. The number of benzene rings is 1. The number of nitrogens with zero attached hydrogens (tertiary/aromatic N) is 6. The van der Waals surface area contributed by atoms with Gasteiger partial charge in [-0.3, -0.25) is 4.68 Å². The number of aromatic nitrogens is 5. The summed E-state index contributed by atoms with van der Waals surface area (Å²) in [5.74, 6) is 0.269. The molecular formula is C20H19N7O2S. The van der Waals surface area contributed by atoms with E-state index in [1.165, 1.54) is 6.26 Å². The molecule has 3 heterocycles. The van der Waals surface area contributed by atoms with Gasteiger partial charge in [0.05, 0.1) is 35.3 Å². The van der Waals surface area contributed by atoms with Gasteiger partial charge in [0.2, 0.25) is 5.95 Å². The lowest BCUT2D eigenvalue weighted by molar-refractivity contribution is 0.529. The molecule has 0 saturated heterocycles. The summed E-state index contributed by atoms with van der Waals surface area (Å²) in [6, 6.07) is 12.6. The van der Waals surface area contributed by atoms with E-state index in [0.717, 1.165) is 16.8 Å². The average molecular weight is 421 g/mol. The third-order valence-corrected chi connectivity index (χ3v) is 5.65. The van der Waals surface area contributed by atoms with Crippen LogP contribution in [0.25, 0.3) is 16.8 Å². The van der Waals surface area contributed by atoms with Crippen LogP contribution in [0.4, 0.5) is 11.6 Å². The highest BCUT2D eigenvalue weighted by atomic mass is 32.2. The number of fused-ring (bicyclic) bond motifs is 1. The van der Waals surface area contributed by atoms with Gasteiger partial charge in [-0.15, -0.1) is 5.10 Å². The van der Waals surface area contributed by atoms with Gasteiger partial charge in [0.1, 0.15) is 0 Å². The Morgan fingerprint density at radius 1 is 1.23 bits per heavy atom. The van der Waals surface area contributed by atoms with Crippen LogP contribution in [-0.4, -0.2) is 39.1 Å². The molecule has 152 valence electrons. The number of hydrogen-bond donors (Lipinski definition) is 1. The second kappa shape index (κ2) is 7.61. The highest BCUT2D eigenvalue weighted by Crippen LogP contribution is 2.26. The van der Waals surface area contributed by atoms with Gasteiger partial charge in [-0.25, -0.2) is 12.9 Å². The molecule has 30 heavy (non-hydrogen) atoms. The van der Waals surface area contributed by atoms with E-state index in [4.69, 9.17) is 5.26 Å². The summed E-state index contributed by atoms with van der Waals surface area (Å²) in [6.07, 6.45) is 6.42. The minimum atomic E-state index is -3.25. The largest absolute Gasteiger partial charge is 0.320 e. The van der Waals surface area contributed by atoms with Gasteiger partial charge in [-0.05, 0) is 36.8 Å². The highest BCUT2D eigenvalue weighted by Gasteiger charge is 2.12. The third-order valence-electron chi connectivity index (χ3n) is 4.53. The van der Waals surface area contributed by atoms with E-state index >= 15 is 0 Å². The average Bonchev–Trinajstić information content (AvgIpc) is 3.33. The minimum Gasteiger partial charge on any atom is -0.320 e. The zero-order valence-electron chi connectivity index (χ0n) is 16.4. The first-order valence-corrected chi connectivity index (χ1v) is 11.1. The summed E-state index contributed by atoms with van der Waals surface area (Å²) >= 11 is 0. The van der Waals surface area contributed by atoms with Gasteiger partial charge in [-0.1, -0.05) is 12.1 Å². The van der Waals surface area contributed by atoms with Gasteiger partial charge in [0, 0.05) is 24.2 Å². The molecule has 10 heteroatoms. The van der Waals surface area contributed by atoms with E-state index in [0.29, 0.717) is 18.1 Å². The van der Waals surface area contributed by atoms with E-state index in [-0.39, 0.29) is 10.8 Å². The molecule has 0 unspecified atom stereocenters. The van der Waals surface area contributed by atoms with E-state index in [1.54, 1.807) is 52.1 Å². The first-order chi connectivity index (χ1) is 14.3. The number of sulfone groups is 1. The Kier molecular flexibility index (Phi) is 4.97. The summed E-state index contributed by atoms with van der Waals surface area (Å²) < 4.78 is 26.7. The molecule has 1 atom stereocenters. The Morgan fingerprint density at radius 2 is 2.00 bits per heavy atom. The molecule has 0 fully saturated rings. The first kappa shape index (κ1) is 19.6. The van der Waals surface area contributed by atoms with Crippen LogP contribution in [-0.2, 0) is 16.4 Å². The van der Waals surface area contributed by atoms with Crippen molar-refractivity contribution in [2.45, 2.75) is 18.4 Å². The number of nitrogens with one attached hydrogen (secondary N) is 1. The molecule has 4 aromatic rings. The molecule has 1 N–H and O–H groups in total. The maximum absolute atomic E-state index is 11.7. The molecule has 9 nitrogen and oxygen atoms in total. The van der Waals surface area contributed by atoms with Crippen LogP contribution in [0.3, 0.4) is 0 Å². The molecular weight excluding hydrogens is 402 g/mol. The molecule has 0 spiro atoms. The second-order valence-corrected chi connectivity index (χ2v) is 9.04. The Hall–Kier alpha value is -3.71. The lowest BCUT2D eigenvalue weighted by Gasteiger charge is -2.04. The maximum atomic E-state index is 11.7. The number of rotatable bonds is 6. The van der Waals surface area contributed by atoms with Crippen molar-refractivity contribution in [1.82, 2.24) is 24.4 Å². The lowest BCUT2D eigenvalue weighted by Crippen LogP contribution is -2.05. The number of hydrogen-bond acceptors (Lipinski definition) is 7. The van der Waals surface area contributed by atoms with Crippen LogP contribution >= 0.6 is 0 Å². The Bertz CT molecular complexity index is 1350. The van der Waals surface area contributed by atoms with E-state index in [2.05, 4.69) is 26.6 Å². The van der Waals surface area contributed by atoms with Crippen molar-refractivity contribution in [2.75, 3.05) is 11.6 Å². The van der Waals surface area contributed by atoms with Gasteiger partial charge >= 0.3 is 0 Å². The molecule has 0 bridgehead atoms. The Morgan fingerprint density at radius 3 is 2.70 bits per heavy atom. The monoisotopic (exact) mass is 421 g/mol. The first-order valence-electron chi connectivity index (χ1n) is 9.18. The van der Waals surface area contributed by atoms with E-state index < -0.39 is 9.84 Å². The predicted molar refractivity (Wildman–Crippen MR) is 112 cm³/mol. The fraction of sp³-hybridized carbons (Fsp3) is 0.200. The third kappa shape index (κ3) is 4.01. The van der Waals surface area contributed by atoms with Crippen molar-refractivity contribution in [3.05, 3.63) is 55.0 Å². The zero-order valence-corrected chi connectivity index (χ0v) is 17.2. The molecule has 0 radical (unpaired) electrons. The quantitative estimate of drug-likeness (QED) is 0.508. The van der Waals surface area contributed by atoms with E-state index in [9.17, 15) is 8.42 Å². The van der Waals surface area contributed by atoms with Crippen molar-refractivity contribution in [1.29, 1.82) is 5.26 Å². The van der Waals surface area contributed by atoms with Crippen LogP contribution in [0.5, 0.6) is 0 Å². The lowest BCUT2D eigenvalue weighted by atomic mass is 10.1. The molecule has 0 amide bonds. The molecule has 1 aromatic carbocycles. The molecule has 4 rings (SSSR count). The van der Waals surface area contributed by atoms with Crippen molar-refractivity contribution < 1.29 is 8.42 Å². The normalized spacial score (nSPS) is 12.6. The van der Waals surface area contributed by atoms with E-state index in [1.807, 2.05) is 19.1 Å². The minimum absolute atomic E-state index is 0.136. The molecule has 0 aliphatic carbocycles. The van der Waals surface area contributed by atoms with Crippen LogP contribution in [0.1, 0.15) is 6.92 Å². The smallest absolute Gasteiger partial charge is 0.247 e. The highest BCUT2D eigenvalue weighted by molar-refractivity contribution is 7.90. The van der Waals surface area contributed by atoms with Crippen molar-refractivity contribution >= 4 is 27.1 Å². The summed E-state index contributed by atoms with van der Waals surface area (Å²) in [4.78, 5) is 4.84. The standard InChI is InChI=1S/C20H19N7O2S/c1-14(10-21)12-26-13-16(11-22-26)23-20-24-19-18(4-3-9-27(19)25-20)15-5-7-17(8-6-15)30(2,28)29/h3-9,11,13-14H,12H2,1-2H3,(H,23,25)/t14-/m1/s1. The van der Waals surface area contributed by atoms with Gasteiger partial charge in [-0.2, -0.15) is 15.3 Å². The molecule has 0 aliphatic heterocycles. The van der Waals surface area contributed by atoms with Crippen molar-refractivity contribution in [2.24, 2.45) is 5.92 Å². The topological polar surface area (TPSA) is 118 Å². The Balaban J connectivity index is 1.62. The van der Waals surface area contributed by atoms with Crippen LogP contribution < -0.4 is 5.32 Å². The summed E-state index contributed by atoms with van der Waals surface area (Å²) in [5.41, 5.74) is 3.02. The summed E-state index contributed by atoms with van der Waals surface area (Å²) in [5, 5.41) is 20.7. The fourth-order valence-electron chi connectivity index (χ4n) is 3.04. The van der Waals surface area contributed by atoms with Crippen molar-refractivity contribution in [3.8, 4) is 17.2 Å².